The van der Waals surface area contributed by atoms with E-state index in [1.54, 1.807) is 37.5 Å². The van der Waals surface area contributed by atoms with Crippen molar-refractivity contribution >= 4 is 5.78 Å². The zero-order chi connectivity index (χ0) is 10.8. The highest BCUT2D eigenvalue weighted by atomic mass is 16.3. The van der Waals surface area contributed by atoms with Gasteiger partial charge in [-0.1, -0.05) is 0 Å². The summed E-state index contributed by atoms with van der Waals surface area (Å²) in [6.45, 7) is 3.61. The number of nitrogens with zero attached hydrogens (tertiary/aromatic N) is 1. The summed E-state index contributed by atoms with van der Waals surface area (Å²) >= 11 is 0. The molecule has 76 valence electrons. The summed E-state index contributed by atoms with van der Waals surface area (Å²) in [5.41, 5.74) is 1.20. The first-order valence-corrected chi connectivity index (χ1v) is 4.70. The van der Waals surface area contributed by atoms with E-state index in [0.717, 1.165) is 5.76 Å². The van der Waals surface area contributed by atoms with Crippen molar-refractivity contribution in [3.63, 3.8) is 0 Å². The standard InChI is InChI=1S/C12H11NO2/c1-8-6-11(9(2)15-8)12(14)10-4-3-5-13-7-10/h3-7H,1-2H3. The number of aryl methyl sites for hydroxylation is 2. The highest BCUT2D eigenvalue weighted by molar-refractivity contribution is 6.09. The van der Waals surface area contributed by atoms with Gasteiger partial charge in [-0.2, -0.15) is 0 Å². The van der Waals surface area contributed by atoms with E-state index in [-0.39, 0.29) is 5.78 Å². The van der Waals surface area contributed by atoms with Crippen molar-refractivity contribution in [1.29, 1.82) is 0 Å². The minimum absolute atomic E-state index is 0.0440. The molecule has 0 aliphatic rings. The van der Waals surface area contributed by atoms with E-state index in [1.807, 2.05) is 6.92 Å². The lowest BCUT2D eigenvalue weighted by Gasteiger charge is -1.97. The number of ketones is 1. The van der Waals surface area contributed by atoms with Gasteiger partial charge in [-0.15, -0.1) is 0 Å². The monoisotopic (exact) mass is 201 g/mol. The Morgan fingerprint density at radius 1 is 1.40 bits per heavy atom. The van der Waals surface area contributed by atoms with E-state index in [0.29, 0.717) is 16.9 Å². The van der Waals surface area contributed by atoms with Crippen LogP contribution >= 0.6 is 0 Å². The Labute approximate surface area is 87.8 Å². The average Bonchev–Trinajstić information content (AvgIpc) is 2.58. The fourth-order valence-corrected chi connectivity index (χ4v) is 1.51. The quantitative estimate of drug-likeness (QED) is 0.701. The lowest BCUT2D eigenvalue weighted by molar-refractivity contribution is 0.103. The molecule has 0 amide bonds. The van der Waals surface area contributed by atoms with Crippen LogP contribution < -0.4 is 0 Å². The fraction of sp³-hybridized carbons (Fsp3) is 0.167. The molecule has 0 bridgehead atoms. The van der Waals surface area contributed by atoms with Crippen LogP contribution in [0.3, 0.4) is 0 Å². The predicted octanol–water partition coefficient (Wildman–Crippen LogP) is 2.52. The molecule has 0 atom stereocenters. The normalized spacial score (nSPS) is 10.3. The SMILES string of the molecule is Cc1cc(C(=O)c2cccnc2)c(C)o1. The van der Waals surface area contributed by atoms with Crippen LogP contribution in [0.5, 0.6) is 0 Å². The van der Waals surface area contributed by atoms with Gasteiger partial charge in [0.05, 0.1) is 5.56 Å². The molecule has 0 aliphatic heterocycles. The Morgan fingerprint density at radius 3 is 2.73 bits per heavy atom. The predicted molar refractivity (Wildman–Crippen MR) is 55.9 cm³/mol. The zero-order valence-electron chi connectivity index (χ0n) is 8.65. The molecular formula is C12H11NO2. The van der Waals surface area contributed by atoms with Gasteiger partial charge in [-0.05, 0) is 32.0 Å². The molecule has 2 aromatic rings. The molecule has 3 heteroatoms. The van der Waals surface area contributed by atoms with Crippen LogP contribution in [-0.4, -0.2) is 10.8 Å². The Kier molecular flexibility index (Phi) is 2.37. The fourth-order valence-electron chi connectivity index (χ4n) is 1.51. The van der Waals surface area contributed by atoms with Crippen molar-refractivity contribution in [2.75, 3.05) is 0 Å². The highest BCUT2D eigenvalue weighted by Crippen LogP contribution is 2.17. The summed E-state index contributed by atoms with van der Waals surface area (Å²) < 4.78 is 5.32. The summed E-state index contributed by atoms with van der Waals surface area (Å²) in [5.74, 6) is 1.36. The molecule has 2 aromatic heterocycles. The second-order valence-corrected chi connectivity index (χ2v) is 3.40. The van der Waals surface area contributed by atoms with Crippen LogP contribution in [0.4, 0.5) is 0 Å². The van der Waals surface area contributed by atoms with E-state index in [4.69, 9.17) is 4.42 Å². The molecule has 0 spiro atoms. The molecule has 0 aromatic carbocycles. The number of carbonyl (C=O) groups excluding carboxylic acids is 1. The van der Waals surface area contributed by atoms with Crippen LogP contribution in [0.15, 0.2) is 35.0 Å². The summed E-state index contributed by atoms with van der Waals surface area (Å²) in [6, 6.07) is 5.25. The van der Waals surface area contributed by atoms with Crippen molar-refractivity contribution in [2.45, 2.75) is 13.8 Å². The van der Waals surface area contributed by atoms with Crippen LogP contribution in [0.1, 0.15) is 27.4 Å². The zero-order valence-corrected chi connectivity index (χ0v) is 8.65. The topological polar surface area (TPSA) is 43.1 Å². The van der Waals surface area contributed by atoms with Crippen LogP contribution in [0, 0.1) is 13.8 Å². The summed E-state index contributed by atoms with van der Waals surface area (Å²) in [6.07, 6.45) is 3.20. The Bertz CT molecular complexity index is 486. The number of rotatable bonds is 2. The average molecular weight is 201 g/mol. The Morgan fingerprint density at radius 2 is 2.20 bits per heavy atom. The highest BCUT2D eigenvalue weighted by Gasteiger charge is 2.15. The van der Waals surface area contributed by atoms with Gasteiger partial charge < -0.3 is 4.42 Å². The third-order valence-corrected chi connectivity index (χ3v) is 2.21. The molecule has 0 aliphatic carbocycles. The van der Waals surface area contributed by atoms with Gasteiger partial charge >= 0.3 is 0 Å². The van der Waals surface area contributed by atoms with Crippen molar-refractivity contribution in [1.82, 2.24) is 4.98 Å². The second kappa shape index (κ2) is 3.69. The van der Waals surface area contributed by atoms with Crippen molar-refractivity contribution < 1.29 is 9.21 Å². The lowest BCUT2D eigenvalue weighted by atomic mass is 10.1. The lowest BCUT2D eigenvalue weighted by Crippen LogP contribution is -2.01. The van der Waals surface area contributed by atoms with Crippen LogP contribution in [-0.2, 0) is 0 Å². The summed E-state index contributed by atoms with van der Waals surface area (Å²) in [7, 11) is 0. The molecular weight excluding hydrogens is 190 g/mol. The van der Waals surface area contributed by atoms with E-state index in [9.17, 15) is 4.79 Å². The number of aromatic nitrogens is 1. The molecule has 0 saturated heterocycles. The Balaban J connectivity index is 2.41. The second-order valence-electron chi connectivity index (χ2n) is 3.40. The maximum atomic E-state index is 12.0. The van der Waals surface area contributed by atoms with Gasteiger partial charge in [0.1, 0.15) is 11.5 Å². The van der Waals surface area contributed by atoms with Gasteiger partial charge in [0.25, 0.3) is 0 Å². The van der Waals surface area contributed by atoms with Gasteiger partial charge in [0, 0.05) is 18.0 Å². The van der Waals surface area contributed by atoms with Crippen molar-refractivity contribution in [3.05, 3.63) is 53.2 Å². The molecule has 0 saturated carbocycles. The largest absolute Gasteiger partial charge is 0.466 e. The molecule has 0 fully saturated rings. The van der Waals surface area contributed by atoms with Crippen molar-refractivity contribution in [3.8, 4) is 0 Å². The van der Waals surface area contributed by atoms with Gasteiger partial charge in [-0.3, -0.25) is 9.78 Å². The van der Waals surface area contributed by atoms with E-state index in [2.05, 4.69) is 4.98 Å². The van der Waals surface area contributed by atoms with Crippen LogP contribution in [0.2, 0.25) is 0 Å². The number of hydrogen-bond donors (Lipinski definition) is 0. The number of carbonyl (C=O) groups is 1. The number of hydrogen-bond acceptors (Lipinski definition) is 3. The first-order valence-electron chi connectivity index (χ1n) is 4.70. The first kappa shape index (κ1) is 9.65. The summed E-state index contributed by atoms with van der Waals surface area (Å²) in [5, 5.41) is 0. The third-order valence-electron chi connectivity index (χ3n) is 2.21. The van der Waals surface area contributed by atoms with E-state index >= 15 is 0 Å². The van der Waals surface area contributed by atoms with Gasteiger partial charge in [-0.25, -0.2) is 0 Å². The first-order chi connectivity index (χ1) is 7.18. The molecule has 0 unspecified atom stereocenters. The summed E-state index contributed by atoms with van der Waals surface area (Å²) in [4.78, 5) is 15.9. The minimum Gasteiger partial charge on any atom is -0.466 e. The Hall–Kier alpha value is -1.90. The number of pyridine rings is 1. The van der Waals surface area contributed by atoms with Gasteiger partial charge in [0.2, 0.25) is 0 Å². The molecule has 15 heavy (non-hydrogen) atoms. The van der Waals surface area contributed by atoms with E-state index < -0.39 is 0 Å². The van der Waals surface area contributed by atoms with Crippen molar-refractivity contribution in [2.24, 2.45) is 0 Å². The maximum absolute atomic E-state index is 12.0. The maximum Gasteiger partial charge on any atom is 0.198 e. The molecule has 0 N–H and O–H groups in total. The van der Waals surface area contributed by atoms with E-state index in [1.165, 1.54) is 0 Å². The number of furan rings is 1. The molecule has 2 rings (SSSR count). The third kappa shape index (κ3) is 1.81. The minimum atomic E-state index is -0.0440. The van der Waals surface area contributed by atoms with Crippen LogP contribution in [0.25, 0.3) is 0 Å². The molecule has 2 heterocycles. The van der Waals surface area contributed by atoms with Gasteiger partial charge in [0.15, 0.2) is 5.78 Å². The molecule has 0 radical (unpaired) electrons. The smallest absolute Gasteiger partial charge is 0.198 e. The molecule has 3 nitrogen and oxygen atoms in total.